The van der Waals surface area contributed by atoms with Gasteiger partial charge in [-0.05, 0) is 61.7 Å². The molecule has 1 heterocycles. The van der Waals surface area contributed by atoms with Crippen molar-refractivity contribution in [1.82, 2.24) is 10.2 Å². The van der Waals surface area contributed by atoms with Crippen molar-refractivity contribution < 1.29 is 14.9 Å². The standard InChI is InChI=1S/C23H31ClN2O3/c1-4-26-22(16-5-7-19(24)8-6-16)18(12-23(26,2)15-27)14-25-13-17-11-20(29-3)9-10-21(17)28/h5-11,18,22,25,27-28H,4,12-15H2,1-3H3/t18-,22+,23+/m1/s1. The fraction of sp³-hybridized carbons (Fsp3) is 0.478. The van der Waals surface area contributed by atoms with Gasteiger partial charge in [0.2, 0.25) is 0 Å². The molecule has 3 N–H and O–H groups in total. The second-order valence-electron chi connectivity index (χ2n) is 8.03. The van der Waals surface area contributed by atoms with E-state index >= 15 is 0 Å². The number of methoxy groups -OCH3 is 1. The minimum absolute atomic E-state index is 0.123. The molecular weight excluding hydrogens is 388 g/mol. The maximum atomic E-state index is 10.1. The van der Waals surface area contributed by atoms with Crippen LogP contribution in [0, 0.1) is 5.92 Å². The van der Waals surface area contributed by atoms with Gasteiger partial charge in [0.15, 0.2) is 0 Å². The van der Waals surface area contributed by atoms with Crippen LogP contribution in [-0.2, 0) is 6.54 Å². The first-order valence-corrected chi connectivity index (χ1v) is 10.5. The fourth-order valence-corrected chi connectivity index (χ4v) is 4.76. The molecule has 29 heavy (non-hydrogen) atoms. The van der Waals surface area contributed by atoms with Crippen LogP contribution < -0.4 is 10.1 Å². The highest BCUT2D eigenvalue weighted by Gasteiger charge is 2.47. The predicted molar refractivity (Wildman–Crippen MR) is 117 cm³/mol. The minimum atomic E-state index is -0.260. The molecule has 1 fully saturated rings. The van der Waals surface area contributed by atoms with Crippen molar-refractivity contribution in [2.75, 3.05) is 26.8 Å². The summed E-state index contributed by atoms with van der Waals surface area (Å²) in [5.41, 5.74) is 1.76. The molecule has 0 radical (unpaired) electrons. The Kier molecular flexibility index (Phi) is 7.06. The van der Waals surface area contributed by atoms with Gasteiger partial charge in [-0.2, -0.15) is 0 Å². The van der Waals surface area contributed by atoms with Gasteiger partial charge in [0.1, 0.15) is 11.5 Å². The molecule has 158 valence electrons. The molecule has 2 aromatic carbocycles. The summed E-state index contributed by atoms with van der Waals surface area (Å²) >= 11 is 6.10. The van der Waals surface area contributed by atoms with Crippen LogP contribution in [0.4, 0.5) is 0 Å². The molecule has 0 aromatic heterocycles. The van der Waals surface area contributed by atoms with Crippen molar-refractivity contribution in [3.05, 3.63) is 58.6 Å². The average molecular weight is 419 g/mol. The average Bonchev–Trinajstić information content (AvgIpc) is 3.02. The molecule has 0 unspecified atom stereocenters. The van der Waals surface area contributed by atoms with E-state index in [4.69, 9.17) is 16.3 Å². The first kappa shape index (κ1) is 21.9. The topological polar surface area (TPSA) is 65.0 Å². The number of ether oxygens (including phenoxy) is 1. The molecule has 3 rings (SSSR count). The molecule has 3 atom stereocenters. The highest BCUT2D eigenvalue weighted by atomic mass is 35.5. The van der Waals surface area contributed by atoms with Crippen LogP contribution in [0.3, 0.4) is 0 Å². The third kappa shape index (κ3) is 4.69. The van der Waals surface area contributed by atoms with Crippen molar-refractivity contribution in [2.45, 2.75) is 38.4 Å². The minimum Gasteiger partial charge on any atom is -0.508 e. The molecule has 0 amide bonds. The molecule has 1 aliphatic heterocycles. The number of aliphatic hydroxyl groups excluding tert-OH is 1. The predicted octanol–water partition coefficient (Wildman–Crippen LogP) is 3.98. The van der Waals surface area contributed by atoms with Crippen molar-refractivity contribution in [3.63, 3.8) is 0 Å². The maximum absolute atomic E-state index is 10.1. The smallest absolute Gasteiger partial charge is 0.120 e. The summed E-state index contributed by atoms with van der Waals surface area (Å²) in [5.74, 6) is 1.31. The number of likely N-dealkylation sites (N-methyl/N-ethyl adjacent to an activating group) is 1. The second-order valence-corrected chi connectivity index (χ2v) is 8.46. The fourth-order valence-electron chi connectivity index (χ4n) is 4.64. The van der Waals surface area contributed by atoms with Crippen molar-refractivity contribution in [2.24, 2.45) is 5.92 Å². The summed E-state index contributed by atoms with van der Waals surface area (Å²) in [4.78, 5) is 2.39. The molecule has 0 spiro atoms. The van der Waals surface area contributed by atoms with Crippen LogP contribution in [0.1, 0.15) is 37.4 Å². The first-order chi connectivity index (χ1) is 13.9. The van der Waals surface area contributed by atoms with E-state index in [1.54, 1.807) is 19.2 Å². The first-order valence-electron chi connectivity index (χ1n) is 10.1. The Labute approximate surface area is 178 Å². The number of benzene rings is 2. The van der Waals surface area contributed by atoms with E-state index in [1.807, 2.05) is 18.2 Å². The Bertz CT molecular complexity index is 814. The van der Waals surface area contributed by atoms with E-state index in [-0.39, 0.29) is 23.9 Å². The molecule has 0 saturated carbocycles. The molecular formula is C23H31ClN2O3. The Balaban J connectivity index is 1.77. The van der Waals surface area contributed by atoms with Gasteiger partial charge < -0.3 is 20.3 Å². The molecule has 6 heteroatoms. The Morgan fingerprint density at radius 2 is 1.97 bits per heavy atom. The summed E-state index contributed by atoms with van der Waals surface area (Å²) in [5, 5.41) is 24.5. The highest BCUT2D eigenvalue weighted by molar-refractivity contribution is 6.30. The van der Waals surface area contributed by atoms with Gasteiger partial charge in [-0.25, -0.2) is 0 Å². The number of phenolic OH excluding ortho intramolecular Hbond substituents is 1. The number of hydrogen-bond acceptors (Lipinski definition) is 5. The number of aromatic hydroxyl groups is 1. The van der Waals surface area contributed by atoms with Crippen LogP contribution >= 0.6 is 11.6 Å². The van der Waals surface area contributed by atoms with Crippen LogP contribution in [0.25, 0.3) is 0 Å². The van der Waals surface area contributed by atoms with Crippen molar-refractivity contribution >= 4 is 11.6 Å². The van der Waals surface area contributed by atoms with E-state index < -0.39 is 0 Å². The third-order valence-corrected chi connectivity index (χ3v) is 6.33. The number of nitrogens with zero attached hydrogens (tertiary/aromatic N) is 1. The van der Waals surface area contributed by atoms with E-state index in [9.17, 15) is 10.2 Å². The van der Waals surface area contributed by atoms with Crippen LogP contribution in [0.5, 0.6) is 11.5 Å². The molecule has 2 aromatic rings. The molecule has 0 bridgehead atoms. The number of phenols is 1. The lowest BCUT2D eigenvalue weighted by molar-refractivity contribution is 0.0579. The van der Waals surface area contributed by atoms with E-state index in [2.05, 4.69) is 36.2 Å². The van der Waals surface area contributed by atoms with Gasteiger partial charge in [-0.3, -0.25) is 4.90 Å². The zero-order valence-corrected chi connectivity index (χ0v) is 18.1. The SMILES string of the molecule is CCN1[C@@H](c2ccc(Cl)cc2)[C@@H](CNCc2cc(OC)ccc2O)C[C@@]1(C)CO. The summed E-state index contributed by atoms with van der Waals surface area (Å²) < 4.78 is 5.26. The van der Waals surface area contributed by atoms with Gasteiger partial charge in [0.25, 0.3) is 0 Å². The monoisotopic (exact) mass is 418 g/mol. The van der Waals surface area contributed by atoms with Gasteiger partial charge in [0.05, 0.1) is 13.7 Å². The lowest BCUT2D eigenvalue weighted by atomic mass is 9.90. The molecule has 0 aliphatic carbocycles. The van der Waals surface area contributed by atoms with E-state index in [1.165, 1.54) is 5.56 Å². The summed E-state index contributed by atoms with van der Waals surface area (Å²) in [6, 6.07) is 13.5. The zero-order chi connectivity index (χ0) is 21.0. The Hall–Kier alpha value is -1.79. The molecule has 1 saturated heterocycles. The van der Waals surface area contributed by atoms with Gasteiger partial charge in [0, 0.05) is 35.3 Å². The van der Waals surface area contributed by atoms with Gasteiger partial charge in [-0.15, -0.1) is 0 Å². The number of likely N-dealkylation sites (tertiary alicyclic amines) is 1. The number of nitrogens with one attached hydrogen (secondary N) is 1. The third-order valence-electron chi connectivity index (χ3n) is 6.08. The van der Waals surface area contributed by atoms with Crippen LogP contribution in [0.15, 0.2) is 42.5 Å². The summed E-state index contributed by atoms with van der Waals surface area (Å²) in [6.07, 6.45) is 0.891. The second kappa shape index (κ2) is 9.35. The largest absolute Gasteiger partial charge is 0.508 e. The van der Waals surface area contributed by atoms with Gasteiger partial charge in [-0.1, -0.05) is 30.7 Å². The quantitative estimate of drug-likeness (QED) is 0.605. The Morgan fingerprint density at radius 1 is 1.24 bits per heavy atom. The van der Waals surface area contributed by atoms with Gasteiger partial charge >= 0.3 is 0 Å². The number of rotatable bonds is 8. The number of aliphatic hydroxyl groups is 1. The summed E-state index contributed by atoms with van der Waals surface area (Å²) in [6.45, 7) is 6.58. The molecule has 5 nitrogen and oxygen atoms in total. The molecule has 1 aliphatic rings. The van der Waals surface area contributed by atoms with Crippen LogP contribution in [-0.4, -0.2) is 47.5 Å². The van der Waals surface area contributed by atoms with E-state index in [0.717, 1.165) is 35.8 Å². The van der Waals surface area contributed by atoms with E-state index in [0.29, 0.717) is 12.5 Å². The lowest BCUT2D eigenvalue weighted by Crippen LogP contribution is -2.45. The number of hydrogen-bond donors (Lipinski definition) is 3. The maximum Gasteiger partial charge on any atom is 0.120 e. The van der Waals surface area contributed by atoms with Crippen LogP contribution in [0.2, 0.25) is 5.02 Å². The summed E-state index contributed by atoms with van der Waals surface area (Å²) in [7, 11) is 1.62. The zero-order valence-electron chi connectivity index (χ0n) is 17.4. The normalized spacial score (nSPS) is 24.7. The Morgan fingerprint density at radius 3 is 2.59 bits per heavy atom. The van der Waals surface area contributed by atoms with Crippen molar-refractivity contribution in [1.29, 1.82) is 0 Å². The highest BCUT2D eigenvalue weighted by Crippen LogP contribution is 2.46. The lowest BCUT2D eigenvalue weighted by Gasteiger charge is -2.37. The number of halogens is 1. The van der Waals surface area contributed by atoms with Crippen molar-refractivity contribution in [3.8, 4) is 11.5 Å².